The van der Waals surface area contributed by atoms with Crippen molar-refractivity contribution in [2.45, 2.75) is 32.1 Å². The third-order valence-corrected chi connectivity index (χ3v) is 8.19. The number of benzene rings is 3. The maximum absolute atomic E-state index is 12.8. The Hall–Kier alpha value is -4.44. The molecule has 3 aromatic carbocycles. The van der Waals surface area contributed by atoms with Crippen molar-refractivity contribution in [3.8, 4) is 12.1 Å². The third kappa shape index (κ3) is 6.18. The molecule has 0 fully saturated rings. The van der Waals surface area contributed by atoms with Crippen LogP contribution >= 0.6 is 0 Å². The van der Waals surface area contributed by atoms with E-state index < -0.39 is 10.0 Å². The Balaban J connectivity index is 1.49. The van der Waals surface area contributed by atoms with E-state index in [1.165, 1.54) is 10.6 Å². The van der Waals surface area contributed by atoms with Crippen LogP contribution in [0.4, 0.5) is 5.69 Å². The van der Waals surface area contributed by atoms with Crippen LogP contribution in [0.2, 0.25) is 0 Å². The van der Waals surface area contributed by atoms with Crippen molar-refractivity contribution in [2.75, 3.05) is 17.7 Å². The van der Waals surface area contributed by atoms with Gasteiger partial charge in [-0.25, -0.2) is 13.4 Å². The molecule has 9 heteroatoms. The highest BCUT2D eigenvalue weighted by Gasteiger charge is 2.32. The number of nitrogens with zero attached hydrogens (tertiary/aromatic N) is 6. The van der Waals surface area contributed by atoms with E-state index in [9.17, 15) is 13.7 Å². The van der Waals surface area contributed by atoms with Gasteiger partial charge in [0.15, 0.2) is 0 Å². The SMILES string of the molecule is CS(=O)(=O)N1Cc2cc(C#N)ccc2N(Cc2cn(Cc3ccc(C#N)cc3)cn2)[C@H](Cc2ccccc2)C1. The zero-order chi connectivity index (χ0) is 27.4. The first-order chi connectivity index (χ1) is 18.8. The molecule has 4 aromatic rings. The lowest BCUT2D eigenvalue weighted by atomic mass is 10.0. The number of hydrogen-bond acceptors (Lipinski definition) is 6. The first-order valence-electron chi connectivity index (χ1n) is 12.6. The van der Waals surface area contributed by atoms with E-state index >= 15 is 0 Å². The van der Waals surface area contributed by atoms with Crippen LogP contribution in [-0.4, -0.2) is 41.1 Å². The molecule has 39 heavy (non-hydrogen) atoms. The minimum absolute atomic E-state index is 0.153. The molecule has 196 valence electrons. The van der Waals surface area contributed by atoms with Crippen LogP contribution < -0.4 is 4.90 Å². The van der Waals surface area contributed by atoms with Gasteiger partial charge in [-0.1, -0.05) is 42.5 Å². The van der Waals surface area contributed by atoms with Gasteiger partial charge in [-0.15, -0.1) is 0 Å². The molecule has 8 nitrogen and oxygen atoms in total. The Morgan fingerprint density at radius 1 is 0.923 bits per heavy atom. The minimum Gasteiger partial charge on any atom is -0.361 e. The number of anilines is 1. The van der Waals surface area contributed by atoms with Gasteiger partial charge >= 0.3 is 0 Å². The maximum Gasteiger partial charge on any atom is 0.211 e. The normalized spacial score (nSPS) is 15.7. The van der Waals surface area contributed by atoms with Crippen molar-refractivity contribution in [3.63, 3.8) is 0 Å². The van der Waals surface area contributed by atoms with E-state index in [0.29, 0.717) is 37.2 Å². The summed E-state index contributed by atoms with van der Waals surface area (Å²) in [5.41, 5.74) is 5.85. The lowest BCUT2D eigenvalue weighted by molar-refractivity contribution is 0.380. The van der Waals surface area contributed by atoms with Crippen LogP contribution in [-0.2, 0) is 36.1 Å². The highest BCUT2D eigenvalue weighted by Crippen LogP contribution is 2.32. The molecule has 0 spiro atoms. The van der Waals surface area contributed by atoms with Gasteiger partial charge in [-0.2, -0.15) is 14.8 Å². The molecule has 0 aliphatic carbocycles. The van der Waals surface area contributed by atoms with Gasteiger partial charge in [0.05, 0.1) is 48.1 Å². The summed E-state index contributed by atoms with van der Waals surface area (Å²) in [6.07, 6.45) is 5.68. The minimum atomic E-state index is -3.48. The maximum atomic E-state index is 12.8. The molecule has 1 aliphatic heterocycles. The van der Waals surface area contributed by atoms with E-state index in [0.717, 1.165) is 28.1 Å². The first kappa shape index (κ1) is 26.2. The number of sulfonamides is 1. The number of imidazole rings is 1. The molecule has 2 heterocycles. The molecule has 0 amide bonds. The van der Waals surface area contributed by atoms with Crippen molar-refractivity contribution in [2.24, 2.45) is 0 Å². The third-order valence-electron chi connectivity index (χ3n) is 6.97. The van der Waals surface area contributed by atoms with Crippen LogP contribution in [0.5, 0.6) is 0 Å². The summed E-state index contributed by atoms with van der Waals surface area (Å²) >= 11 is 0. The van der Waals surface area contributed by atoms with Crippen LogP contribution in [0.1, 0.15) is 33.5 Å². The van der Waals surface area contributed by atoms with Crippen LogP contribution in [0.25, 0.3) is 0 Å². The Labute approximate surface area is 229 Å². The van der Waals surface area contributed by atoms with Gasteiger partial charge in [0.1, 0.15) is 0 Å². The monoisotopic (exact) mass is 536 g/mol. The molecule has 0 unspecified atom stereocenters. The second kappa shape index (κ2) is 11.1. The Morgan fingerprint density at radius 2 is 1.64 bits per heavy atom. The van der Waals surface area contributed by atoms with Gasteiger partial charge in [0.2, 0.25) is 10.0 Å². The summed E-state index contributed by atoms with van der Waals surface area (Å²) in [5, 5.41) is 18.6. The summed E-state index contributed by atoms with van der Waals surface area (Å²) in [6, 6.07) is 27.2. The number of nitriles is 2. The zero-order valence-corrected chi connectivity index (χ0v) is 22.4. The second-order valence-electron chi connectivity index (χ2n) is 9.83. The fourth-order valence-corrected chi connectivity index (χ4v) is 5.84. The molecule has 0 saturated carbocycles. The van der Waals surface area contributed by atoms with Gasteiger partial charge < -0.3 is 9.47 Å². The molecular formula is C30H28N6O2S. The lowest BCUT2D eigenvalue weighted by Crippen LogP contribution is -2.44. The Kier molecular flexibility index (Phi) is 7.47. The molecule has 0 N–H and O–H groups in total. The van der Waals surface area contributed by atoms with Crippen molar-refractivity contribution in [3.05, 3.63) is 119 Å². The van der Waals surface area contributed by atoms with Crippen molar-refractivity contribution < 1.29 is 8.42 Å². The molecule has 0 bridgehead atoms. The first-order valence-corrected chi connectivity index (χ1v) is 14.5. The largest absolute Gasteiger partial charge is 0.361 e. The summed E-state index contributed by atoms with van der Waals surface area (Å²) in [5.74, 6) is 0. The zero-order valence-electron chi connectivity index (χ0n) is 21.6. The van der Waals surface area contributed by atoms with E-state index in [1.54, 1.807) is 30.6 Å². The molecular weight excluding hydrogens is 508 g/mol. The fraction of sp³-hybridized carbons (Fsp3) is 0.233. The highest BCUT2D eigenvalue weighted by atomic mass is 32.2. The van der Waals surface area contributed by atoms with Crippen molar-refractivity contribution in [1.82, 2.24) is 13.9 Å². The topological polar surface area (TPSA) is 106 Å². The Morgan fingerprint density at radius 3 is 2.33 bits per heavy atom. The molecule has 1 aromatic heterocycles. The summed E-state index contributed by atoms with van der Waals surface area (Å²) in [6.45, 7) is 1.62. The molecule has 1 aliphatic rings. The van der Waals surface area contributed by atoms with Gasteiger partial charge in [-0.3, -0.25) is 0 Å². The smallest absolute Gasteiger partial charge is 0.211 e. The van der Waals surface area contributed by atoms with E-state index in [1.807, 2.05) is 47.2 Å². The predicted octanol–water partition coefficient (Wildman–Crippen LogP) is 4.07. The van der Waals surface area contributed by atoms with Crippen molar-refractivity contribution in [1.29, 1.82) is 10.5 Å². The van der Waals surface area contributed by atoms with E-state index in [4.69, 9.17) is 5.26 Å². The quantitative estimate of drug-likeness (QED) is 0.353. The summed E-state index contributed by atoms with van der Waals surface area (Å²) in [7, 11) is -3.48. The lowest BCUT2D eigenvalue weighted by Gasteiger charge is -2.33. The van der Waals surface area contributed by atoms with Crippen LogP contribution in [0.15, 0.2) is 85.3 Å². The number of fused-ring (bicyclic) bond motifs is 1. The van der Waals surface area contributed by atoms with Gasteiger partial charge in [0.25, 0.3) is 0 Å². The second-order valence-corrected chi connectivity index (χ2v) is 11.8. The van der Waals surface area contributed by atoms with Gasteiger partial charge in [-0.05, 0) is 53.4 Å². The number of hydrogen-bond donors (Lipinski definition) is 0. The standard InChI is InChI=1S/C30H28N6O2S/c1-39(37,38)35-18-27-13-26(16-32)11-12-30(27)36(29(21-35)14-23-5-3-2-4-6-23)20-28-19-34(22-33-28)17-25-9-7-24(15-31)8-10-25/h2-13,19,22,29H,14,17-18,20-21H2,1H3/t29-/m1/s1. The molecule has 0 radical (unpaired) electrons. The van der Waals surface area contributed by atoms with Crippen LogP contribution in [0.3, 0.4) is 0 Å². The summed E-state index contributed by atoms with van der Waals surface area (Å²) < 4.78 is 29.1. The molecule has 1 atom stereocenters. The van der Waals surface area contributed by atoms with E-state index in [-0.39, 0.29) is 12.6 Å². The molecule has 0 saturated heterocycles. The average Bonchev–Trinajstić information content (AvgIpc) is 3.31. The fourth-order valence-electron chi connectivity index (χ4n) is 5.02. The Bertz CT molecular complexity index is 1650. The highest BCUT2D eigenvalue weighted by molar-refractivity contribution is 7.88. The van der Waals surface area contributed by atoms with Crippen LogP contribution in [0, 0.1) is 22.7 Å². The van der Waals surface area contributed by atoms with E-state index in [2.05, 4.69) is 34.2 Å². The van der Waals surface area contributed by atoms with Crippen molar-refractivity contribution >= 4 is 15.7 Å². The molecule has 5 rings (SSSR count). The number of aromatic nitrogens is 2. The average molecular weight is 537 g/mol. The van der Waals surface area contributed by atoms with Gasteiger partial charge in [0, 0.05) is 37.6 Å². The number of rotatable bonds is 7. The predicted molar refractivity (Wildman–Crippen MR) is 149 cm³/mol. The summed E-state index contributed by atoms with van der Waals surface area (Å²) in [4.78, 5) is 6.90.